The molecule has 1 amide bonds. The number of carbonyl (C=O) groups excluding carboxylic acids is 2. The summed E-state index contributed by atoms with van der Waals surface area (Å²) in [5.74, 6) is -0.473. The second kappa shape index (κ2) is 7.43. The Balaban J connectivity index is 1.92. The Bertz CT molecular complexity index is 870. The minimum Gasteiger partial charge on any atom is -0.465 e. The van der Waals surface area contributed by atoms with Gasteiger partial charge in [0.2, 0.25) is 5.91 Å². The highest BCUT2D eigenvalue weighted by Gasteiger charge is 2.40. The van der Waals surface area contributed by atoms with Crippen molar-refractivity contribution >= 4 is 43.3 Å². The van der Waals surface area contributed by atoms with E-state index in [1.54, 1.807) is 17.0 Å². The Kier molecular flexibility index (Phi) is 5.54. The van der Waals surface area contributed by atoms with E-state index in [1.807, 2.05) is 18.7 Å². The van der Waals surface area contributed by atoms with E-state index in [0.29, 0.717) is 12.0 Å². The Hall–Kier alpha value is -1.61. The number of hydrogen-bond donors (Lipinski definition) is 0. The summed E-state index contributed by atoms with van der Waals surface area (Å²) in [7, 11) is -1.71. The van der Waals surface area contributed by atoms with Crippen molar-refractivity contribution in [3.8, 4) is 0 Å². The normalized spacial score (nSPS) is 21.3. The summed E-state index contributed by atoms with van der Waals surface area (Å²) < 4.78 is 28.9. The van der Waals surface area contributed by atoms with Crippen molar-refractivity contribution in [1.82, 2.24) is 4.90 Å². The standard InChI is InChI=1S/C18H23BrN2O5S/c1-11(2)21-15(17(22)20-4-6-27(24,25)7-5-20)10-12-8-13(18(23)26-3)9-14(19)16(12)21/h8-9,11,15H,4-7,10H2,1-3H3. The monoisotopic (exact) mass is 458 g/mol. The number of carbonyl (C=O) groups is 2. The number of fused-ring (bicyclic) bond motifs is 1. The molecule has 1 atom stereocenters. The number of hydrogen-bond acceptors (Lipinski definition) is 6. The molecule has 0 spiro atoms. The maximum Gasteiger partial charge on any atom is 0.337 e. The minimum atomic E-state index is -3.05. The maximum absolute atomic E-state index is 13.2. The van der Waals surface area contributed by atoms with Gasteiger partial charge in [-0.3, -0.25) is 4.79 Å². The molecule has 7 nitrogen and oxygen atoms in total. The van der Waals surface area contributed by atoms with Crippen molar-refractivity contribution in [3.63, 3.8) is 0 Å². The first kappa shape index (κ1) is 20.1. The van der Waals surface area contributed by atoms with Gasteiger partial charge in [0.1, 0.15) is 6.04 Å². The van der Waals surface area contributed by atoms with Gasteiger partial charge in [0.05, 0.1) is 29.9 Å². The first-order valence-electron chi connectivity index (χ1n) is 8.83. The number of benzene rings is 1. The average Bonchev–Trinajstić information content (AvgIpc) is 3.00. The molecule has 1 aromatic rings. The van der Waals surface area contributed by atoms with Crippen LogP contribution in [0.1, 0.15) is 29.8 Å². The molecule has 1 fully saturated rings. The highest BCUT2D eigenvalue weighted by Crippen LogP contribution is 2.41. The molecule has 1 unspecified atom stereocenters. The summed E-state index contributed by atoms with van der Waals surface area (Å²) in [6.07, 6.45) is 0.471. The molecule has 9 heteroatoms. The highest BCUT2D eigenvalue weighted by molar-refractivity contribution is 9.10. The van der Waals surface area contributed by atoms with Gasteiger partial charge in [-0.1, -0.05) is 0 Å². The van der Waals surface area contributed by atoms with E-state index in [0.717, 1.165) is 15.7 Å². The van der Waals surface area contributed by atoms with Gasteiger partial charge in [-0.05, 0) is 47.5 Å². The number of sulfone groups is 1. The number of rotatable bonds is 3. The smallest absolute Gasteiger partial charge is 0.337 e. The summed E-state index contributed by atoms with van der Waals surface area (Å²) in [5, 5.41) is 0. The lowest BCUT2D eigenvalue weighted by Crippen LogP contribution is -2.53. The maximum atomic E-state index is 13.2. The van der Waals surface area contributed by atoms with Crippen LogP contribution in [0.2, 0.25) is 0 Å². The van der Waals surface area contributed by atoms with E-state index >= 15 is 0 Å². The fourth-order valence-corrected chi connectivity index (χ4v) is 5.67. The molecular weight excluding hydrogens is 436 g/mol. The van der Waals surface area contributed by atoms with Gasteiger partial charge in [-0.25, -0.2) is 13.2 Å². The topological polar surface area (TPSA) is 84.0 Å². The summed E-state index contributed by atoms with van der Waals surface area (Å²) in [6.45, 7) is 4.48. The zero-order valence-electron chi connectivity index (χ0n) is 15.6. The third-order valence-electron chi connectivity index (χ3n) is 5.07. The van der Waals surface area contributed by atoms with Crippen LogP contribution in [0.5, 0.6) is 0 Å². The number of nitrogens with zero attached hydrogens (tertiary/aromatic N) is 2. The Morgan fingerprint density at radius 2 is 1.85 bits per heavy atom. The van der Waals surface area contributed by atoms with Gasteiger partial charge >= 0.3 is 5.97 Å². The largest absolute Gasteiger partial charge is 0.465 e. The third-order valence-corrected chi connectivity index (χ3v) is 7.28. The van der Waals surface area contributed by atoms with Crippen LogP contribution in [0.15, 0.2) is 16.6 Å². The highest BCUT2D eigenvalue weighted by atomic mass is 79.9. The molecule has 1 saturated heterocycles. The first-order chi connectivity index (χ1) is 12.6. The number of halogens is 1. The zero-order chi connectivity index (χ0) is 19.9. The number of amides is 1. The first-order valence-corrected chi connectivity index (χ1v) is 11.4. The van der Waals surface area contributed by atoms with Crippen LogP contribution >= 0.6 is 15.9 Å². The molecule has 0 aromatic heterocycles. The molecule has 0 radical (unpaired) electrons. The minimum absolute atomic E-state index is 0.0102. The molecule has 0 bridgehead atoms. The lowest BCUT2D eigenvalue weighted by Gasteiger charge is -2.36. The van der Waals surface area contributed by atoms with Crippen LogP contribution in [0, 0.1) is 0 Å². The fraction of sp³-hybridized carbons (Fsp3) is 0.556. The van der Waals surface area contributed by atoms with Gasteiger partial charge in [0.15, 0.2) is 9.84 Å². The number of anilines is 1. The molecule has 2 aliphatic heterocycles. The Labute approximate surface area is 167 Å². The van der Waals surface area contributed by atoms with Crippen molar-refractivity contribution < 1.29 is 22.7 Å². The van der Waals surface area contributed by atoms with Crippen molar-refractivity contribution in [2.24, 2.45) is 0 Å². The van der Waals surface area contributed by atoms with E-state index in [4.69, 9.17) is 4.74 Å². The molecule has 2 heterocycles. The van der Waals surface area contributed by atoms with E-state index in [2.05, 4.69) is 15.9 Å². The van der Waals surface area contributed by atoms with E-state index in [-0.39, 0.29) is 36.5 Å². The van der Waals surface area contributed by atoms with Crippen molar-refractivity contribution in [1.29, 1.82) is 0 Å². The SMILES string of the molecule is COC(=O)c1cc(Br)c2c(c1)CC(C(=O)N1CCS(=O)(=O)CC1)N2C(C)C. The van der Waals surface area contributed by atoms with Crippen LogP contribution in [-0.2, 0) is 25.8 Å². The third kappa shape index (κ3) is 3.85. The van der Waals surface area contributed by atoms with Crippen LogP contribution < -0.4 is 4.90 Å². The van der Waals surface area contributed by atoms with Crippen LogP contribution in [0.3, 0.4) is 0 Å². The van der Waals surface area contributed by atoms with Gasteiger partial charge in [0, 0.05) is 30.0 Å². The van der Waals surface area contributed by atoms with Crippen molar-refractivity contribution in [2.75, 3.05) is 36.6 Å². The summed E-state index contributed by atoms with van der Waals surface area (Å²) in [4.78, 5) is 28.8. The lowest BCUT2D eigenvalue weighted by molar-refractivity contribution is -0.132. The van der Waals surface area contributed by atoms with Crippen LogP contribution in [0.25, 0.3) is 0 Å². The number of methoxy groups -OCH3 is 1. The van der Waals surface area contributed by atoms with Crippen molar-refractivity contribution in [2.45, 2.75) is 32.4 Å². The molecule has 1 aromatic carbocycles. The molecule has 148 valence electrons. The van der Waals surface area contributed by atoms with Gasteiger partial charge < -0.3 is 14.5 Å². The predicted molar refractivity (Wildman–Crippen MR) is 106 cm³/mol. The zero-order valence-corrected chi connectivity index (χ0v) is 18.0. The second-order valence-electron chi connectivity index (χ2n) is 7.16. The second-order valence-corrected chi connectivity index (χ2v) is 10.3. The van der Waals surface area contributed by atoms with E-state index in [9.17, 15) is 18.0 Å². The molecule has 27 heavy (non-hydrogen) atoms. The van der Waals surface area contributed by atoms with Crippen LogP contribution in [-0.4, -0.2) is 69.0 Å². The Morgan fingerprint density at radius 1 is 1.22 bits per heavy atom. The summed E-state index contributed by atoms with van der Waals surface area (Å²) in [5.41, 5.74) is 2.24. The predicted octanol–water partition coefficient (Wildman–Crippen LogP) is 1.63. The fourth-order valence-electron chi connectivity index (χ4n) is 3.77. The summed E-state index contributed by atoms with van der Waals surface area (Å²) in [6, 6.07) is 3.13. The average molecular weight is 459 g/mol. The number of ether oxygens (including phenoxy) is 1. The summed E-state index contributed by atoms with van der Waals surface area (Å²) >= 11 is 3.54. The molecule has 0 N–H and O–H groups in total. The van der Waals surface area contributed by atoms with Gasteiger partial charge in [-0.15, -0.1) is 0 Å². The molecule has 2 aliphatic rings. The molecule has 0 saturated carbocycles. The number of esters is 1. The van der Waals surface area contributed by atoms with Crippen molar-refractivity contribution in [3.05, 3.63) is 27.7 Å². The van der Waals surface area contributed by atoms with Gasteiger partial charge in [-0.2, -0.15) is 0 Å². The van der Waals surface area contributed by atoms with E-state index < -0.39 is 21.8 Å². The molecule has 0 aliphatic carbocycles. The van der Waals surface area contributed by atoms with Crippen LogP contribution in [0.4, 0.5) is 5.69 Å². The Morgan fingerprint density at radius 3 is 2.41 bits per heavy atom. The van der Waals surface area contributed by atoms with Gasteiger partial charge in [0.25, 0.3) is 0 Å². The lowest BCUT2D eigenvalue weighted by atomic mass is 10.1. The molecular formula is C18H23BrN2O5S. The van der Waals surface area contributed by atoms with E-state index in [1.165, 1.54) is 7.11 Å². The quantitative estimate of drug-likeness (QED) is 0.640. The molecule has 3 rings (SSSR count).